The number of para-hydroxylation sites is 2. The number of hydrogen-bond acceptors (Lipinski definition) is 2. The number of rotatable bonds is 7. The zero-order valence-corrected chi connectivity index (χ0v) is 17.5. The van der Waals surface area contributed by atoms with Crippen LogP contribution in [0, 0.1) is 12.8 Å². The van der Waals surface area contributed by atoms with Gasteiger partial charge in [-0.05, 0) is 25.0 Å². The van der Waals surface area contributed by atoms with Crippen LogP contribution in [0.15, 0.2) is 29.3 Å². The zero-order chi connectivity index (χ0) is 16.7. The van der Waals surface area contributed by atoms with Gasteiger partial charge in [-0.2, -0.15) is 0 Å². The van der Waals surface area contributed by atoms with Crippen molar-refractivity contribution in [3.05, 3.63) is 30.1 Å². The minimum atomic E-state index is 0. The molecule has 24 heavy (non-hydrogen) atoms. The maximum atomic E-state index is 4.60. The lowest BCUT2D eigenvalue weighted by Gasteiger charge is -2.17. The second-order valence-electron chi connectivity index (χ2n) is 5.86. The first-order valence-electron chi connectivity index (χ1n) is 8.55. The Balaban J connectivity index is 0.00000288. The standard InChI is InChI=1S/C18H29N5.HI/c1-5-15(6-2)13-21-18(19-4)20-11-12-23-14(3)22-16-9-7-8-10-17(16)23;/h7-10,15H,5-6,11-13H2,1-4H3,(H2,19,20,21);1H. The Hall–Kier alpha value is -1.31. The van der Waals surface area contributed by atoms with Gasteiger partial charge in [-0.15, -0.1) is 24.0 Å². The van der Waals surface area contributed by atoms with Gasteiger partial charge in [-0.1, -0.05) is 38.8 Å². The van der Waals surface area contributed by atoms with E-state index >= 15 is 0 Å². The van der Waals surface area contributed by atoms with E-state index in [1.165, 1.54) is 18.4 Å². The first-order valence-corrected chi connectivity index (χ1v) is 8.55. The third-order valence-corrected chi connectivity index (χ3v) is 4.41. The SMILES string of the molecule is CCC(CC)CNC(=NC)NCCn1c(C)nc2ccccc21.I. The summed E-state index contributed by atoms with van der Waals surface area (Å²) in [6.45, 7) is 9.19. The summed E-state index contributed by atoms with van der Waals surface area (Å²) in [6.07, 6.45) is 2.39. The molecule has 0 bridgehead atoms. The van der Waals surface area contributed by atoms with Gasteiger partial charge in [-0.25, -0.2) is 4.98 Å². The van der Waals surface area contributed by atoms with Crippen molar-refractivity contribution >= 4 is 41.0 Å². The van der Waals surface area contributed by atoms with Crippen LogP contribution in [0.5, 0.6) is 0 Å². The van der Waals surface area contributed by atoms with E-state index in [4.69, 9.17) is 0 Å². The largest absolute Gasteiger partial charge is 0.356 e. The molecule has 0 aliphatic heterocycles. The van der Waals surface area contributed by atoms with Crippen molar-refractivity contribution in [1.82, 2.24) is 20.2 Å². The number of aliphatic imine (C=N–C) groups is 1. The molecule has 6 heteroatoms. The molecule has 1 aromatic carbocycles. The van der Waals surface area contributed by atoms with E-state index in [9.17, 15) is 0 Å². The van der Waals surface area contributed by atoms with E-state index in [1.54, 1.807) is 0 Å². The Morgan fingerprint density at radius 3 is 2.58 bits per heavy atom. The normalized spacial score (nSPS) is 11.6. The van der Waals surface area contributed by atoms with Crippen LogP contribution in [0.4, 0.5) is 0 Å². The number of benzene rings is 1. The van der Waals surface area contributed by atoms with Crippen LogP contribution in [-0.2, 0) is 6.54 Å². The first kappa shape index (κ1) is 20.7. The average molecular weight is 443 g/mol. The number of hydrogen-bond donors (Lipinski definition) is 2. The van der Waals surface area contributed by atoms with Crippen LogP contribution >= 0.6 is 24.0 Å². The minimum absolute atomic E-state index is 0. The summed E-state index contributed by atoms with van der Waals surface area (Å²) in [6, 6.07) is 8.27. The Kier molecular flexibility index (Phi) is 9.10. The highest BCUT2D eigenvalue weighted by Crippen LogP contribution is 2.14. The monoisotopic (exact) mass is 443 g/mol. The summed E-state index contributed by atoms with van der Waals surface area (Å²) in [7, 11) is 1.82. The van der Waals surface area contributed by atoms with E-state index in [0.29, 0.717) is 5.92 Å². The van der Waals surface area contributed by atoms with Crippen molar-refractivity contribution in [2.75, 3.05) is 20.1 Å². The molecule has 0 fully saturated rings. The molecule has 2 aromatic rings. The lowest BCUT2D eigenvalue weighted by molar-refractivity contribution is 0.481. The summed E-state index contributed by atoms with van der Waals surface area (Å²) < 4.78 is 2.25. The van der Waals surface area contributed by atoms with Crippen LogP contribution in [0.2, 0.25) is 0 Å². The maximum absolute atomic E-state index is 4.60. The van der Waals surface area contributed by atoms with Crippen molar-refractivity contribution in [1.29, 1.82) is 0 Å². The van der Waals surface area contributed by atoms with Crippen molar-refractivity contribution in [2.24, 2.45) is 10.9 Å². The number of nitrogens with zero attached hydrogens (tertiary/aromatic N) is 3. The van der Waals surface area contributed by atoms with Crippen molar-refractivity contribution in [2.45, 2.75) is 40.2 Å². The number of aromatic nitrogens is 2. The summed E-state index contributed by atoms with van der Waals surface area (Å²) in [5, 5.41) is 6.81. The van der Waals surface area contributed by atoms with Gasteiger partial charge in [0.15, 0.2) is 5.96 Å². The lowest BCUT2D eigenvalue weighted by Crippen LogP contribution is -2.41. The van der Waals surface area contributed by atoms with E-state index in [1.807, 2.05) is 13.1 Å². The molecule has 0 aliphatic rings. The highest BCUT2D eigenvalue weighted by atomic mass is 127. The molecule has 134 valence electrons. The predicted molar refractivity (Wildman–Crippen MR) is 113 cm³/mol. The molecule has 2 N–H and O–H groups in total. The topological polar surface area (TPSA) is 54.2 Å². The fourth-order valence-corrected chi connectivity index (χ4v) is 2.80. The maximum Gasteiger partial charge on any atom is 0.191 e. The molecule has 0 aliphatic carbocycles. The van der Waals surface area contributed by atoms with Gasteiger partial charge < -0.3 is 15.2 Å². The molecule has 0 atom stereocenters. The van der Waals surface area contributed by atoms with Crippen LogP contribution in [0.3, 0.4) is 0 Å². The molecule has 0 saturated carbocycles. The Morgan fingerprint density at radius 2 is 1.92 bits per heavy atom. The lowest BCUT2D eigenvalue weighted by atomic mass is 10.0. The van der Waals surface area contributed by atoms with E-state index in [-0.39, 0.29) is 24.0 Å². The fourth-order valence-electron chi connectivity index (χ4n) is 2.80. The summed E-state index contributed by atoms with van der Waals surface area (Å²) in [5.41, 5.74) is 2.24. The van der Waals surface area contributed by atoms with Crippen LogP contribution in [-0.4, -0.2) is 35.6 Å². The van der Waals surface area contributed by atoms with Crippen molar-refractivity contribution in [3.8, 4) is 0 Å². The van der Waals surface area contributed by atoms with Crippen molar-refractivity contribution < 1.29 is 0 Å². The number of aryl methyl sites for hydroxylation is 1. The highest BCUT2D eigenvalue weighted by Gasteiger charge is 2.07. The Labute approximate surface area is 162 Å². The minimum Gasteiger partial charge on any atom is -0.356 e. The van der Waals surface area contributed by atoms with E-state index < -0.39 is 0 Å². The summed E-state index contributed by atoms with van der Waals surface area (Å²) >= 11 is 0. The number of halogens is 1. The van der Waals surface area contributed by atoms with Crippen molar-refractivity contribution in [3.63, 3.8) is 0 Å². The predicted octanol–water partition coefficient (Wildman–Crippen LogP) is 3.56. The van der Waals surface area contributed by atoms with Gasteiger partial charge in [0.05, 0.1) is 11.0 Å². The number of fused-ring (bicyclic) bond motifs is 1. The van der Waals surface area contributed by atoms with E-state index in [0.717, 1.165) is 36.9 Å². The van der Waals surface area contributed by atoms with Crippen LogP contribution < -0.4 is 10.6 Å². The molecule has 5 nitrogen and oxygen atoms in total. The first-order chi connectivity index (χ1) is 11.2. The fraction of sp³-hybridized carbons (Fsp3) is 0.556. The van der Waals surface area contributed by atoms with Gasteiger partial charge in [-0.3, -0.25) is 4.99 Å². The second kappa shape index (κ2) is 10.5. The molecule has 0 spiro atoms. The van der Waals surface area contributed by atoms with Gasteiger partial charge in [0, 0.05) is 26.7 Å². The second-order valence-corrected chi connectivity index (χ2v) is 5.86. The van der Waals surface area contributed by atoms with Crippen LogP contribution in [0.25, 0.3) is 11.0 Å². The molecular formula is C18H30IN5. The van der Waals surface area contributed by atoms with E-state index in [2.05, 4.69) is 64.1 Å². The number of guanidine groups is 1. The molecule has 2 rings (SSSR count). The van der Waals surface area contributed by atoms with Gasteiger partial charge in [0.25, 0.3) is 0 Å². The number of nitrogens with one attached hydrogen (secondary N) is 2. The summed E-state index contributed by atoms with van der Waals surface area (Å²) in [4.78, 5) is 8.90. The molecule has 0 unspecified atom stereocenters. The molecule has 1 heterocycles. The molecule has 0 amide bonds. The van der Waals surface area contributed by atoms with Gasteiger partial charge in [0.1, 0.15) is 5.82 Å². The number of imidazole rings is 1. The van der Waals surface area contributed by atoms with Gasteiger partial charge in [0.2, 0.25) is 0 Å². The molecule has 1 aromatic heterocycles. The molecule has 0 saturated heterocycles. The Morgan fingerprint density at radius 1 is 1.21 bits per heavy atom. The third-order valence-electron chi connectivity index (χ3n) is 4.41. The van der Waals surface area contributed by atoms with Gasteiger partial charge >= 0.3 is 0 Å². The quantitative estimate of drug-likeness (QED) is 0.391. The Bertz CT molecular complexity index is 646. The van der Waals surface area contributed by atoms with Crippen LogP contribution in [0.1, 0.15) is 32.5 Å². The molecular weight excluding hydrogens is 413 g/mol. The highest BCUT2D eigenvalue weighted by molar-refractivity contribution is 14.0. The third kappa shape index (κ3) is 5.36. The smallest absolute Gasteiger partial charge is 0.191 e. The average Bonchev–Trinajstić information content (AvgIpc) is 2.89. The zero-order valence-electron chi connectivity index (χ0n) is 15.2. The summed E-state index contributed by atoms with van der Waals surface area (Å²) in [5.74, 6) is 2.63. The molecule has 0 radical (unpaired) electrons.